The van der Waals surface area contributed by atoms with E-state index in [-0.39, 0.29) is 24.4 Å². The summed E-state index contributed by atoms with van der Waals surface area (Å²) in [4.78, 5) is 28.8. The lowest BCUT2D eigenvalue weighted by atomic mass is 9.95. The molecule has 0 heterocycles. The summed E-state index contributed by atoms with van der Waals surface area (Å²) >= 11 is 0. The van der Waals surface area contributed by atoms with Crippen molar-refractivity contribution >= 4 is 27.5 Å². The zero-order valence-electron chi connectivity index (χ0n) is 22.6. The summed E-state index contributed by atoms with van der Waals surface area (Å²) in [6.07, 6.45) is 7.41. The Morgan fingerprint density at radius 2 is 1.70 bits per heavy atom. The van der Waals surface area contributed by atoms with Crippen LogP contribution in [0.25, 0.3) is 0 Å². The summed E-state index contributed by atoms with van der Waals surface area (Å²) in [5.74, 6) is -0.540. The van der Waals surface area contributed by atoms with Gasteiger partial charge in [-0.1, -0.05) is 68.7 Å². The molecule has 0 aromatic heterocycles. The number of nitrogens with zero attached hydrogens (tertiary/aromatic N) is 2. The smallest absolute Gasteiger partial charge is 0.244 e. The number of carbonyl (C=O) groups is 2. The molecule has 1 atom stereocenters. The Morgan fingerprint density at radius 1 is 1.03 bits per heavy atom. The van der Waals surface area contributed by atoms with Crippen LogP contribution in [-0.4, -0.2) is 56.6 Å². The van der Waals surface area contributed by atoms with Gasteiger partial charge < -0.3 is 10.2 Å². The SMILES string of the molecule is CC[C@@H](C(=O)NC1CCCCC1)N(CCc1ccccc1)C(=O)CN(c1cc(C)ccc1C)S(C)(=O)=O. The quantitative estimate of drug-likeness (QED) is 0.470. The van der Waals surface area contributed by atoms with E-state index in [1.54, 1.807) is 11.0 Å². The number of amides is 2. The Kier molecular flexibility index (Phi) is 10.1. The molecule has 1 aliphatic rings. The molecule has 2 aromatic rings. The molecule has 0 unspecified atom stereocenters. The zero-order valence-corrected chi connectivity index (χ0v) is 23.4. The van der Waals surface area contributed by atoms with Gasteiger partial charge in [-0.25, -0.2) is 8.42 Å². The first-order valence-corrected chi connectivity index (χ1v) is 15.1. The summed E-state index contributed by atoms with van der Waals surface area (Å²) in [5.41, 5.74) is 3.21. The molecule has 0 spiro atoms. The number of hydrogen-bond acceptors (Lipinski definition) is 4. The lowest BCUT2D eigenvalue weighted by molar-refractivity contribution is -0.140. The molecule has 37 heavy (non-hydrogen) atoms. The highest BCUT2D eigenvalue weighted by Gasteiger charge is 2.32. The van der Waals surface area contributed by atoms with Crippen LogP contribution in [0, 0.1) is 13.8 Å². The summed E-state index contributed by atoms with van der Waals surface area (Å²) < 4.78 is 26.9. The second-order valence-electron chi connectivity index (χ2n) is 10.1. The summed E-state index contributed by atoms with van der Waals surface area (Å²) in [7, 11) is -3.74. The van der Waals surface area contributed by atoms with Crippen LogP contribution >= 0.6 is 0 Å². The van der Waals surface area contributed by atoms with Crippen LogP contribution in [0.4, 0.5) is 5.69 Å². The number of benzene rings is 2. The van der Waals surface area contributed by atoms with Crippen LogP contribution in [0.15, 0.2) is 48.5 Å². The highest BCUT2D eigenvalue weighted by molar-refractivity contribution is 7.92. The molecule has 0 aliphatic heterocycles. The van der Waals surface area contributed by atoms with Gasteiger partial charge in [0.05, 0.1) is 11.9 Å². The summed E-state index contributed by atoms with van der Waals surface area (Å²) in [6, 6.07) is 14.8. The third kappa shape index (κ3) is 8.06. The fourth-order valence-corrected chi connectivity index (χ4v) is 5.92. The van der Waals surface area contributed by atoms with Crippen LogP contribution < -0.4 is 9.62 Å². The molecular formula is C29H41N3O4S. The van der Waals surface area contributed by atoms with E-state index in [1.165, 1.54) is 10.7 Å². The van der Waals surface area contributed by atoms with E-state index in [2.05, 4.69) is 5.32 Å². The number of hydrogen-bond donors (Lipinski definition) is 1. The van der Waals surface area contributed by atoms with Crippen molar-refractivity contribution in [3.63, 3.8) is 0 Å². The number of anilines is 1. The van der Waals surface area contributed by atoms with Crippen molar-refractivity contribution in [1.29, 1.82) is 0 Å². The van der Waals surface area contributed by atoms with Gasteiger partial charge in [-0.15, -0.1) is 0 Å². The highest BCUT2D eigenvalue weighted by Crippen LogP contribution is 2.25. The molecule has 8 heteroatoms. The number of nitrogens with one attached hydrogen (secondary N) is 1. The van der Waals surface area contributed by atoms with Gasteiger partial charge in [0, 0.05) is 12.6 Å². The highest BCUT2D eigenvalue weighted by atomic mass is 32.2. The lowest BCUT2D eigenvalue weighted by Gasteiger charge is -2.34. The number of aryl methyl sites for hydroxylation is 2. The maximum absolute atomic E-state index is 13.8. The minimum atomic E-state index is -3.74. The summed E-state index contributed by atoms with van der Waals surface area (Å²) in [5, 5.41) is 3.17. The lowest BCUT2D eigenvalue weighted by Crippen LogP contribution is -2.54. The molecule has 0 radical (unpaired) electrons. The van der Waals surface area contributed by atoms with E-state index in [1.807, 2.05) is 63.2 Å². The minimum Gasteiger partial charge on any atom is -0.352 e. The van der Waals surface area contributed by atoms with Crippen molar-refractivity contribution in [2.75, 3.05) is 23.7 Å². The first-order valence-electron chi connectivity index (χ1n) is 13.3. The second-order valence-corrected chi connectivity index (χ2v) is 12.1. The molecule has 7 nitrogen and oxygen atoms in total. The monoisotopic (exact) mass is 527 g/mol. The first kappa shape index (κ1) is 28.7. The van der Waals surface area contributed by atoms with Gasteiger partial charge in [0.25, 0.3) is 0 Å². The molecule has 1 aliphatic carbocycles. The Bertz CT molecular complexity index is 1160. The molecule has 2 aromatic carbocycles. The predicted octanol–water partition coefficient (Wildman–Crippen LogP) is 4.37. The molecule has 1 N–H and O–H groups in total. The average molecular weight is 528 g/mol. The minimum absolute atomic E-state index is 0.129. The van der Waals surface area contributed by atoms with Crippen LogP contribution in [0.3, 0.4) is 0 Å². The average Bonchev–Trinajstić information content (AvgIpc) is 2.87. The third-order valence-corrected chi connectivity index (χ3v) is 8.26. The normalized spacial score (nSPS) is 15.1. The molecule has 202 valence electrons. The van der Waals surface area contributed by atoms with Gasteiger partial charge >= 0.3 is 0 Å². The molecular weight excluding hydrogens is 486 g/mol. The first-order chi connectivity index (χ1) is 17.6. The van der Waals surface area contributed by atoms with Crippen LogP contribution in [-0.2, 0) is 26.0 Å². The van der Waals surface area contributed by atoms with Gasteiger partial charge in [0.1, 0.15) is 12.6 Å². The van der Waals surface area contributed by atoms with E-state index in [0.29, 0.717) is 25.1 Å². The molecule has 0 bridgehead atoms. The van der Waals surface area contributed by atoms with Crippen molar-refractivity contribution in [2.24, 2.45) is 0 Å². The Balaban J connectivity index is 1.88. The fraction of sp³-hybridized carbons (Fsp3) is 0.517. The van der Waals surface area contributed by atoms with Crippen molar-refractivity contribution < 1.29 is 18.0 Å². The van der Waals surface area contributed by atoms with E-state index >= 15 is 0 Å². The van der Waals surface area contributed by atoms with Crippen molar-refractivity contribution in [3.05, 3.63) is 65.2 Å². The van der Waals surface area contributed by atoms with Crippen molar-refractivity contribution in [2.45, 2.75) is 77.8 Å². The largest absolute Gasteiger partial charge is 0.352 e. The number of carbonyl (C=O) groups excluding carboxylic acids is 2. The summed E-state index contributed by atoms with van der Waals surface area (Å²) in [6.45, 7) is 5.58. The molecule has 3 rings (SSSR count). The van der Waals surface area contributed by atoms with Crippen LogP contribution in [0.2, 0.25) is 0 Å². The topological polar surface area (TPSA) is 86.8 Å². The maximum atomic E-state index is 13.8. The van der Waals surface area contributed by atoms with Crippen molar-refractivity contribution in [1.82, 2.24) is 10.2 Å². The van der Waals surface area contributed by atoms with E-state index < -0.39 is 16.1 Å². The van der Waals surface area contributed by atoms with Gasteiger partial charge in [-0.2, -0.15) is 0 Å². The van der Waals surface area contributed by atoms with Crippen LogP contribution in [0.1, 0.15) is 62.1 Å². The predicted molar refractivity (Wildman–Crippen MR) is 149 cm³/mol. The van der Waals surface area contributed by atoms with Crippen LogP contribution in [0.5, 0.6) is 0 Å². The van der Waals surface area contributed by atoms with Gasteiger partial charge in [-0.3, -0.25) is 13.9 Å². The van der Waals surface area contributed by atoms with E-state index in [9.17, 15) is 18.0 Å². The standard InChI is InChI=1S/C29H41N3O4S/c1-5-26(29(34)30-25-14-10-7-11-15-25)31(19-18-24-12-8-6-9-13-24)28(33)21-32(37(4,35)36)27-20-22(2)16-17-23(27)3/h6,8-9,12-13,16-17,20,25-26H,5,7,10-11,14-15,18-19,21H2,1-4H3,(H,30,34)/t26-/m0/s1. The second kappa shape index (κ2) is 13.1. The molecule has 1 fully saturated rings. The van der Waals surface area contributed by atoms with E-state index in [4.69, 9.17) is 0 Å². The Morgan fingerprint density at radius 3 is 2.32 bits per heavy atom. The molecule has 0 saturated heterocycles. The molecule has 1 saturated carbocycles. The van der Waals surface area contributed by atoms with Gasteiger partial charge in [-0.05, 0) is 62.3 Å². The third-order valence-electron chi connectivity index (χ3n) is 7.13. The van der Waals surface area contributed by atoms with Gasteiger partial charge in [0.15, 0.2) is 0 Å². The fourth-order valence-electron chi connectivity index (χ4n) is 5.02. The Labute approximate surface area is 222 Å². The number of rotatable bonds is 11. The maximum Gasteiger partial charge on any atom is 0.244 e. The molecule has 2 amide bonds. The Hall–Kier alpha value is -2.87. The van der Waals surface area contributed by atoms with Gasteiger partial charge in [0.2, 0.25) is 21.8 Å². The number of sulfonamides is 1. The van der Waals surface area contributed by atoms with E-state index in [0.717, 1.165) is 48.6 Å². The zero-order chi connectivity index (χ0) is 27.0. The van der Waals surface area contributed by atoms with Crippen molar-refractivity contribution in [3.8, 4) is 0 Å².